The van der Waals surface area contributed by atoms with E-state index >= 15 is 0 Å². The highest BCUT2D eigenvalue weighted by atomic mass is 16.5. The fourth-order valence-corrected chi connectivity index (χ4v) is 1.86. The van der Waals surface area contributed by atoms with E-state index in [1.807, 2.05) is 27.7 Å². The van der Waals surface area contributed by atoms with Gasteiger partial charge in [0, 0.05) is 32.3 Å². The number of furan rings is 1. The number of nitrogens with one attached hydrogen (secondary N) is 3. The van der Waals surface area contributed by atoms with Gasteiger partial charge in [0.15, 0.2) is 11.7 Å². The Kier molecular flexibility index (Phi) is 8.32. The maximum absolute atomic E-state index is 11.9. The van der Waals surface area contributed by atoms with Crippen molar-refractivity contribution in [2.75, 3.05) is 33.3 Å². The van der Waals surface area contributed by atoms with E-state index < -0.39 is 0 Å². The molecule has 0 saturated heterocycles. The lowest BCUT2D eigenvalue weighted by atomic mass is 10.1. The Balaban J connectivity index is 2.31. The van der Waals surface area contributed by atoms with Crippen LogP contribution in [0.4, 0.5) is 0 Å². The van der Waals surface area contributed by atoms with E-state index in [1.54, 1.807) is 13.2 Å². The van der Waals surface area contributed by atoms with Crippen molar-refractivity contribution >= 4 is 11.9 Å². The molecule has 0 aromatic carbocycles. The molecule has 0 fully saturated rings. The van der Waals surface area contributed by atoms with Gasteiger partial charge in [-0.25, -0.2) is 0 Å². The SMILES string of the molecule is CCNC(=NCC(C)(C)OC)NCCCNC(=O)c1occc1C. The van der Waals surface area contributed by atoms with E-state index in [4.69, 9.17) is 9.15 Å². The number of rotatable bonds is 9. The van der Waals surface area contributed by atoms with E-state index in [0.29, 0.717) is 25.4 Å². The first-order chi connectivity index (χ1) is 11.4. The number of aryl methyl sites for hydroxylation is 1. The minimum Gasteiger partial charge on any atom is -0.459 e. The molecule has 136 valence electrons. The molecular formula is C17H30N4O3. The average Bonchev–Trinajstić information content (AvgIpc) is 2.98. The number of methoxy groups -OCH3 is 1. The van der Waals surface area contributed by atoms with Crippen LogP contribution in [0.5, 0.6) is 0 Å². The third kappa shape index (κ3) is 7.04. The molecule has 24 heavy (non-hydrogen) atoms. The zero-order chi connectivity index (χ0) is 18.0. The van der Waals surface area contributed by atoms with E-state index in [-0.39, 0.29) is 11.5 Å². The monoisotopic (exact) mass is 338 g/mol. The van der Waals surface area contributed by atoms with Crippen molar-refractivity contribution in [2.24, 2.45) is 4.99 Å². The summed E-state index contributed by atoms with van der Waals surface area (Å²) in [6.45, 7) is 10.5. The summed E-state index contributed by atoms with van der Waals surface area (Å²) in [4.78, 5) is 16.4. The second-order valence-electron chi connectivity index (χ2n) is 6.13. The van der Waals surface area contributed by atoms with Crippen LogP contribution in [0.1, 0.15) is 43.3 Å². The highest BCUT2D eigenvalue weighted by Gasteiger charge is 2.15. The molecule has 0 saturated carbocycles. The van der Waals surface area contributed by atoms with Gasteiger partial charge >= 0.3 is 0 Å². The lowest BCUT2D eigenvalue weighted by molar-refractivity contribution is 0.0310. The van der Waals surface area contributed by atoms with Gasteiger partial charge in [-0.2, -0.15) is 0 Å². The predicted molar refractivity (Wildman–Crippen MR) is 95.5 cm³/mol. The van der Waals surface area contributed by atoms with Gasteiger partial charge in [0.1, 0.15) is 0 Å². The molecule has 1 aromatic heterocycles. The fraction of sp³-hybridized carbons (Fsp3) is 0.647. The van der Waals surface area contributed by atoms with E-state index in [2.05, 4.69) is 20.9 Å². The third-order valence-electron chi connectivity index (χ3n) is 3.51. The van der Waals surface area contributed by atoms with Gasteiger partial charge < -0.3 is 25.1 Å². The Morgan fingerprint density at radius 1 is 1.29 bits per heavy atom. The molecule has 1 heterocycles. The van der Waals surface area contributed by atoms with Crippen LogP contribution in [0.15, 0.2) is 21.7 Å². The van der Waals surface area contributed by atoms with Crippen LogP contribution in [0, 0.1) is 6.92 Å². The molecule has 1 aromatic rings. The zero-order valence-electron chi connectivity index (χ0n) is 15.4. The Hall–Kier alpha value is -2.02. The minimum atomic E-state index is -0.294. The van der Waals surface area contributed by atoms with Crippen LogP contribution in [0.25, 0.3) is 0 Å². The Bertz CT molecular complexity index is 538. The van der Waals surface area contributed by atoms with Crippen LogP contribution >= 0.6 is 0 Å². The number of aliphatic imine (C=N–C) groups is 1. The highest BCUT2D eigenvalue weighted by molar-refractivity contribution is 5.92. The highest BCUT2D eigenvalue weighted by Crippen LogP contribution is 2.08. The predicted octanol–water partition coefficient (Wildman–Crippen LogP) is 1.69. The van der Waals surface area contributed by atoms with Gasteiger partial charge in [-0.05, 0) is 40.2 Å². The number of ether oxygens (including phenoxy) is 1. The minimum absolute atomic E-state index is 0.181. The molecule has 3 N–H and O–H groups in total. The second kappa shape index (κ2) is 9.97. The molecular weight excluding hydrogens is 308 g/mol. The Morgan fingerprint density at radius 2 is 2.00 bits per heavy atom. The topological polar surface area (TPSA) is 87.9 Å². The molecule has 1 amide bonds. The first kappa shape index (κ1) is 20.0. The third-order valence-corrected chi connectivity index (χ3v) is 3.51. The summed E-state index contributed by atoms with van der Waals surface area (Å²) in [7, 11) is 1.68. The molecule has 0 radical (unpaired) electrons. The van der Waals surface area contributed by atoms with Gasteiger partial charge in [-0.1, -0.05) is 0 Å². The smallest absolute Gasteiger partial charge is 0.287 e. The maximum Gasteiger partial charge on any atom is 0.287 e. The summed E-state index contributed by atoms with van der Waals surface area (Å²) in [6, 6.07) is 1.77. The van der Waals surface area contributed by atoms with Crippen molar-refractivity contribution in [1.29, 1.82) is 0 Å². The van der Waals surface area contributed by atoms with E-state index in [9.17, 15) is 4.79 Å². The summed E-state index contributed by atoms with van der Waals surface area (Å²) < 4.78 is 10.5. The molecule has 1 rings (SSSR count). The summed E-state index contributed by atoms with van der Waals surface area (Å²) in [5, 5.41) is 9.28. The maximum atomic E-state index is 11.9. The van der Waals surface area contributed by atoms with Gasteiger partial charge in [0.25, 0.3) is 5.91 Å². The Morgan fingerprint density at radius 3 is 2.58 bits per heavy atom. The number of carbonyl (C=O) groups excluding carboxylic acids is 1. The first-order valence-corrected chi connectivity index (χ1v) is 8.29. The number of nitrogens with zero attached hydrogens (tertiary/aromatic N) is 1. The van der Waals surface area contributed by atoms with Crippen LogP contribution in [0.2, 0.25) is 0 Å². The summed E-state index contributed by atoms with van der Waals surface area (Å²) >= 11 is 0. The summed E-state index contributed by atoms with van der Waals surface area (Å²) in [5.41, 5.74) is 0.546. The van der Waals surface area contributed by atoms with Gasteiger partial charge in [0.05, 0.1) is 18.4 Å². The molecule has 0 bridgehead atoms. The standard InChI is InChI=1S/C17H30N4O3/c1-6-18-16(21-12-17(3,4)23-5)20-10-7-9-19-15(22)14-13(2)8-11-24-14/h8,11H,6-7,9-10,12H2,1-5H3,(H,19,22)(H2,18,20,21). The van der Waals surface area contributed by atoms with Gasteiger partial charge in [-0.3, -0.25) is 9.79 Å². The lowest BCUT2D eigenvalue weighted by Gasteiger charge is -2.21. The molecule has 0 spiro atoms. The van der Waals surface area contributed by atoms with Crippen LogP contribution in [0.3, 0.4) is 0 Å². The van der Waals surface area contributed by atoms with Crippen LogP contribution in [-0.4, -0.2) is 50.8 Å². The number of hydrogen-bond donors (Lipinski definition) is 3. The number of amides is 1. The quantitative estimate of drug-likeness (QED) is 0.362. The van der Waals surface area contributed by atoms with E-state index in [1.165, 1.54) is 6.26 Å². The fourth-order valence-electron chi connectivity index (χ4n) is 1.86. The molecule has 7 nitrogen and oxygen atoms in total. The normalized spacial score (nSPS) is 12.1. The summed E-state index contributed by atoms with van der Waals surface area (Å²) in [5.74, 6) is 0.940. The van der Waals surface area contributed by atoms with Gasteiger partial charge in [-0.15, -0.1) is 0 Å². The first-order valence-electron chi connectivity index (χ1n) is 8.29. The number of carbonyl (C=O) groups is 1. The molecule has 0 aliphatic heterocycles. The van der Waals surface area contributed by atoms with E-state index in [0.717, 1.165) is 24.5 Å². The van der Waals surface area contributed by atoms with Crippen molar-refractivity contribution in [3.8, 4) is 0 Å². The largest absolute Gasteiger partial charge is 0.459 e. The molecule has 0 aliphatic carbocycles. The summed E-state index contributed by atoms with van der Waals surface area (Å²) in [6.07, 6.45) is 2.30. The second-order valence-corrected chi connectivity index (χ2v) is 6.13. The average molecular weight is 338 g/mol. The van der Waals surface area contributed by atoms with Crippen LogP contribution in [-0.2, 0) is 4.74 Å². The lowest BCUT2D eigenvalue weighted by Crippen LogP contribution is -2.40. The molecule has 0 unspecified atom stereocenters. The Labute approximate surface area is 144 Å². The molecule has 0 atom stereocenters. The van der Waals surface area contributed by atoms with Crippen molar-refractivity contribution < 1.29 is 13.9 Å². The van der Waals surface area contributed by atoms with Crippen molar-refractivity contribution in [1.82, 2.24) is 16.0 Å². The van der Waals surface area contributed by atoms with Crippen LogP contribution < -0.4 is 16.0 Å². The van der Waals surface area contributed by atoms with Crippen molar-refractivity contribution in [3.05, 3.63) is 23.7 Å². The zero-order valence-corrected chi connectivity index (χ0v) is 15.4. The molecule has 0 aliphatic rings. The molecule has 7 heteroatoms. The van der Waals surface area contributed by atoms with Gasteiger partial charge in [0.2, 0.25) is 0 Å². The van der Waals surface area contributed by atoms with Crippen molar-refractivity contribution in [3.63, 3.8) is 0 Å². The van der Waals surface area contributed by atoms with Crippen molar-refractivity contribution in [2.45, 2.75) is 39.7 Å². The number of hydrogen-bond acceptors (Lipinski definition) is 4. The number of guanidine groups is 1.